The number of halogens is 2. The lowest BCUT2D eigenvalue weighted by Gasteiger charge is -2.11. The number of thioether (sulfide) groups is 1. The normalized spacial score (nSPS) is 16.9. The molecule has 4 rings (SSSR count). The molecule has 2 aromatic carbocycles. The molecule has 1 saturated heterocycles. The van der Waals surface area contributed by atoms with Crippen LogP contribution in [0.15, 0.2) is 45.8 Å². The maximum absolute atomic E-state index is 12.7. The van der Waals surface area contributed by atoms with Crippen molar-refractivity contribution < 1.29 is 23.9 Å². The number of rotatable bonds is 4. The van der Waals surface area contributed by atoms with Gasteiger partial charge in [-0.2, -0.15) is 0 Å². The van der Waals surface area contributed by atoms with Crippen LogP contribution in [-0.4, -0.2) is 35.2 Å². The monoisotopic (exact) mass is 479 g/mol. The Balaban J connectivity index is 1.55. The van der Waals surface area contributed by atoms with E-state index < -0.39 is 11.1 Å². The lowest BCUT2D eigenvalue weighted by molar-refractivity contribution is -0.122. The van der Waals surface area contributed by atoms with E-state index in [-0.39, 0.29) is 24.0 Å². The summed E-state index contributed by atoms with van der Waals surface area (Å²) >= 11 is 10.0. The first kappa shape index (κ1) is 19.0. The van der Waals surface area contributed by atoms with Gasteiger partial charge in [-0.1, -0.05) is 27.5 Å². The van der Waals surface area contributed by atoms with Crippen molar-refractivity contribution >= 4 is 62.3 Å². The minimum Gasteiger partial charge on any atom is -0.454 e. The molecule has 0 bridgehead atoms. The Morgan fingerprint density at radius 3 is 2.57 bits per heavy atom. The summed E-state index contributed by atoms with van der Waals surface area (Å²) in [5.74, 6) is 0.309. The quantitative estimate of drug-likeness (QED) is 0.464. The third-order valence-electron chi connectivity index (χ3n) is 4.12. The van der Waals surface area contributed by atoms with E-state index in [2.05, 4.69) is 15.9 Å². The Morgan fingerprint density at radius 2 is 1.86 bits per heavy atom. The maximum atomic E-state index is 12.7. The molecule has 0 spiro atoms. The lowest BCUT2D eigenvalue weighted by atomic mass is 10.1. The molecule has 28 heavy (non-hydrogen) atoms. The minimum absolute atomic E-state index is 0.133. The van der Waals surface area contributed by atoms with Crippen LogP contribution in [0.4, 0.5) is 4.79 Å². The number of fused-ring (bicyclic) bond motifs is 1. The summed E-state index contributed by atoms with van der Waals surface area (Å²) in [6, 6.07) is 9.74. The molecule has 2 amide bonds. The second kappa shape index (κ2) is 7.62. The van der Waals surface area contributed by atoms with Crippen LogP contribution in [0.5, 0.6) is 11.5 Å². The lowest BCUT2D eigenvalue weighted by Crippen LogP contribution is -2.33. The van der Waals surface area contributed by atoms with Gasteiger partial charge in [-0.3, -0.25) is 19.3 Å². The predicted octanol–water partition coefficient (Wildman–Crippen LogP) is 4.75. The predicted molar refractivity (Wildman–Crippen MR) is 109 cm³/mol. The summed E-state index contributed by atoms with van der Waals surface area (Å²) in [5, 5.41) is 0.00961. The van der Waals surface area contributed by atoms with Crippen LogP contribution in [-0.2, 0) is 4.79 Å². The number of hydrogen-bond acceptors (Lipinski definition) is 6. The van der Waals surface area contributed by atoms with Gasteiger partial charge in [0.15, 0.2) is 17.3 Å². The van der Waals surface area contributed by atoms with Gasteiger partial charge in [0, 0.05) is 15.1 Å². The number of nitrogens with zero attached hydrogens (tertiary/aromatic N) is 1. The highest BCUT2D eigenvalue weighted by molar-refractivity contribution is 9.10. The van der Waals surface area contributed by atoms with Crippen molar-refractivity contribution in [2.75, 3.05) is 13.3 Å². The highest BCUT2D eigenvalue weighted by Gasteiger charge is 2.36. The molecule has 0 unspecified atom stereocenters. The zero-order valence-corrected chi connectivity index (χ0v) is 17.3. The molecule has 1 fully saturated rings. The summed E-state index contributed by atoms with van der Waals surface area (Å²) in [5.41, 5.74) is 1.05. The Morgan fingerprint density at radius 1 is 1.18 bits per heavy atom. The van der Waals surface area contributed by atoms with Crippen molar-refractivity contribution in [3.05, 3.63) is 61.9 Å². The van der Waals surface area contributed by atoms with Crippen molar-refractivity contribution in [2.24, 2.45) is 0 Å². The van der Waals surface area contributed by atoms with Crippen LogP contribution in [0.1, 0.15) is 15.9 Å². The van der Waals surface area contributed by atoms with Crippen LogP contribution >= 0.6 is 39.3 Å². The van der Waals surface area contributed by atoms with Gasteiger partial charge in [0.05, 0.1) is 11.4 Å². The summed E-state index contributed by atoms with van der Waals surface area (Å²) in [6.07, 6.45) is 1.59. The second-order valence-electron chi connectivity index (χ2n) is 5.92. The Bertz CT molecular complexity index is 1040. The van der Waals surface area contributed by atoms with E-state index in [1.165, 1.54) is 0 Å². The molecule has 0 aliphatic carbocycles. The molecule has 0 radical (unpaired) electrons. The van der Waals surface area contributed by atoms with Crippen molar-refractivity contribution in [2.45, 2.75) is 0 Å². The van der Waals surface area contributed by atoms with Gasteiger partial charge in [0.2, 0.25) is 6.79 Å². The van der Waals surface area contributed by atoms with Gasteiger partial charge in [-0.05, 0) is 59.8 Å². The van der Waals surface area contributed by atoms with Gasteiger partial charge in [0.25, 0.3) is 11.1 Å². The number of Topliss-reactive ketones (excluding diaryl/α,β-unsaturated/α-hetero) is 1. The molecule has 2 aliphatic heterocycles. The van der Waals surface area contributed by atoms with Crippen LogP contribution in [0, 0.1) is 0 Å². The highest BCUT2D eigenvalue weighted by atomic mass is 79.9. The van der Waals surface area contributed by atoms with E-state index in [0.717, 1.165) is 16.7 Å². The number of carbonyl (C=O) groups is 3. The molecule has 0 aromatic heterocycles. The van der Waals surface area contributed by atoms with Crippen molar-refractivity contribution in [1.82, 2.24) is 4.90 Å². The number of imide groups is 1. The Hall–Kier alpha value is -2.29. The summed E-state index contributed by atoms with van der Waals surface area (Å²) < 4.78 is 11.3. The van der Waals surface area contributed by atoms with Gasteiger partial charge in [-0.15, -0.1) is 0 Å². The first-order chi connectivity index (χ1) is 13.4. The molecular weight excluding hydrogens is 470 g/mol. The number of amides is 2. The number of ketones is 1. The van der Waals surface area contributed by atoms with E-state index in [1.807, 2.05) is 0 Å². The third-order valence-corrected chi connectivity index (χ3v) is 5.97. The van der Waals surface area contributed by atoms with Crippen molar-refractivity contribution in [3.63, 3.8) is 0 Å². The third kappa shape index (κ3) is 3.67. The molecule has 2 heterocycles. The highest BCUT2D eigenvalue weighted by Crippen LogP contribution is 2.39. The van der Waals surface area contributed by atoms with Crippen LogP contribution in [0.3, 0.4) is 0 Å². The molecule has 0 saturated carbocycles. The number of hydrogen-bond donors (Lipinski definition) is 0. The van der Waals surface area contributed by atoms with E-state index >= 15 is 0 Å². The standard InChI is InChI=1S/C19H11BrClNO5S/c20-13-7-16-15(26-9-27-16)5-11(13)6-17-18(24)22(19(25)28-17)8-14(23)10-1-3-12(21)4-2-10/h1-7H,8-9H2/b17-6+. The first-order valence-corrected chi connectivity index (χ1v) is 10.0. The minimum atomic E-state index is -0.512. The Labute approximate surface area is 177 Å². The summed E-state index contributed by atoms with van der Waals surface area (Å²) in [6.45, 7) is -0.194. The topological polar surface area (TPSA) is 72.9 Å². The largest absolute Gasteiger partial charge is 0.454 e. The SMILES string of the molecule is O=C(CN1C(=O)S/C(=C/c2cc3c(cc2Br)OCO3)C1=O)c1ccc(Cl)cc1. The van der Waals surface area contributed by atoms with Crippen LogP contribution < -0.4 is 9.47 Å². The summed E-state index contributed by atoms with van der Waals surface area (Å²) in [4.78, 5) is 38.5. The van der Waals surface area contributed by atoms with E-state index in [9.17, 15) is 14.4 Å². The van der Waals surface area contributed by atoms with E-state index in [4.69, 9.17) is 21.1 Å². The van der Waals surface area contributed by atoms with Crippen molar-refractivity contribution in [1.29, 1.82) is 0 Å². The molecule has 142 valence electrons. The molecule has 6 nitrogen and oxygen atoms in total. The van der Waals surface area contributed by atoms with Gasteiger partial charge < -0.3 is 9.47 Å². The fourth-order valence-electron chi connectivity index (χ4n) is 2.69. The molecule has 0 atom stereocenters. The first-order valence-electron chi connectivity index (χ1n) is 8.05. The fraction of sp³-hybridized carbons (Fsp3) is 0.105. The zero-order chi connectivity index (χ0) is 19.8. The average Bonchev–Trinajstić information content (AvgIpc) is 3.22. The fourth-order valence-corrected chi connectivity index (χ4v) is 4.08. The molecule has 9 heteroatoms. The number of carbonyl (C=O) groups excluding carboxylic acids is 3. The Kier molecular flexibility index (Phi) is 5.18. The smallest absolute Gasteiger partial charge is 0.293 e. The second-order valence-corrected chi connectivity index (χ2v) is 8.21. The average molecular weight is 481 g/mol. The van der Waals surface area contributed by atoms with Crippen LogP contribution in [0.2, 0.25) is 5.02 Å². The van der Waals surface area contributed by atoms with Gasteiger partial charge in [0.1, 0.15) is 0 Å². The van der Waals surface area contributed by atoms with E-state index in [1.54, 1.807) is 42.5 Å². The number of ether oxygens (including phenoxy) is 2. The van der Waals surface area contributed by atoms with Gasteiger partial charge in [-0.25, -0.2) is 0 Å². The zero-order valence-electron chi connectivity index (χ0n) is 14.1. The summed E-state index contributed by atoms with van der Waals surface area (Å²) in [7, 11) is 0. The molecular formula is C19H11BrClNO5S. The van der Waals surface area contributed by atoms with Crippen LogP contribution in [0.25, 0.3) is 6.08 Å². The number of benzene rings is 2. The molecule has 2 aromatic rings. The van der Waals surface area contributed by atoms with E-state index in [0.29, 0.717) is 32.1 Å². The van der Waals surface area contributed by atoms with Crippen molar-refractivity contribution in [3.8, 4) is 11.5 Å². The maximum Gasteiger partial charge on any atom is 0.293 e. The molecule has 2 aliphatic rings. The molecule has 0 N–H and O–H groups in total. The van der Waals surface area contributed by atoms with Gasteiger partial charge >= 0.3 is 0 Å².